The first-order valence-corrected chi connectivity index (χ1v) is 11.3. The van der Waals surface area contributed by atoms with Crippen LogP contribution in [0.3, 0.4) is 0 Å². The van der Waals surface area contributed by atoms with Crippen molar-refractivity contribution < 1.29 is 9.18 Å². The maximum absolute atomic E-state index is 15.0. The van der Waals surface area contributed by atoms with Crippen LogP contribution in [-0.2, 0) is 10.2 Å². The molecule has 0 aliphatic rings. The average Bonchev–Trinajstić information content (AvgIpc) is 3.17. The van der Waals surface area contributed by atoms with Gasteiger partial charge in [-0.1, -0.05) is 52.4 Å². The van der Waals surface area contributed by atoms with Crippen molar-refractivity contribution in [1.82, 2.24) is 15.0 Å². The predicted octanol–water partition coefficient (Wildman–Crippen LogP) is 6.02. The van der Waals surface area contributed by atoms with Crippen molar-refractivity contribution in [2.45, 2.75) is 45.2 Å². The van der Waals surface area contributed by atoms with Crippen molar-refractivity contribution in [1.29, 1.82) is 0 Å². The van der Waals surface area contributed by atoms with Gasteiger partial charge in [0.15, 0.2) is 11.0 Å². The molecule has 1 N–H and O–H groups in total. The van der Waals surface area contributed by atoms with E-state index in [-0.39, 0.29) is 11.1 Å². The van der Waals surface area contributed by atoms with Crippen molar-refractivity contribution >= 4 is 35.2 Å². The second-order valence-corrected chi connectivity index (χ2v) is 8.58. The monoisotopic (exact) mass is 432 g/mol. The van der Waals surface area contributed by atoms with Gasteiger partial charge < -0.3 is 5.32 Å². The van der Waals surface area contributed by atoms with Crippen LogP contribution in [0.5, 0.6) is 0 Å². The van der Waals surface area contributed by atoms with Crippen molar-refractivity contribution in [3.8, 4) is 21.8 Å². The van der Waals surface area contributed by atoms with E-state index >= 15 is 0 Å². The Labute approximate surface area is 179 Å². The van der Waals surface area contributed by atoms with Crippen molar-refractivity contribution in [3.63, 3.8) is 0 Å². The van der Waals surface area contributed by atoms with Gasteiger partial charge in [-0.15, -0.1) is 11.3 Å². The number of thiazole rings is 1. The topological polar surface area (TPSA) is 67.8 Å². The number of hydrogen-bond donors (Lipinski definition) is 1. The molecule has 0 saturated heterocycles. The Kier molecular flexibility index (Phi) is 7.87. The summed E-state index contributed by atoms with van der Waals surface area (Å²) in [5, 5.41) is 3.91. The fraction of sp³-hybridized carbons (Fsp3) is 0.333. The highest BCUT2D eigenvalue weighted by molar-refractivity contribution is 7.98. The van der Waals surface area contributed by atoms with Gasteiger partial charge >= 0.3 is 0 Å². The number of aromatic nitrogens is 3. The van der Waals surface area contributed by atoms with E-state index in [0.717, 1.165) is 9.88 Å². The molecule has 2 heterocycles. The number of amides is 1. The third-order valence-electron chi connectivity index (χ3n) is 3.79. The quantitative estimate of drug-likeness (QED) is 0.303. The summed E-state index contributed by atoms with van der Waals surface area (Å²) in [5.41, 5.74) is 1.47. The van der Waals surface area contributed by atoms with Crippen molar-refractivity contribution in [2.75, 3.05) is 11.6 Å². The number of benzene rings is 1. The molecule has 29 heavy (non-hydrogen) atoms. The minimum absolute atomic E-state index is 0.117. The molecule has 3 aromatic rings. The molecule has 3 rings (SSSR count). The molecule has 0 aliphatic heterocycles. The summed E-state index contributed by atoms with van der Waals surface area (Å²) in [7, 11) is 0. The Morgan fingerprint density at radius 1 is 1.17 bits per heavy atom. The molecule has 0 saturated carbocycles. The zero-order chi connectivity index (χ0) is 21.6. The van der Waals surface area contributed by atoms with Gasteiger partial charge in [-0.3, -0.25) is 4.79 Å². The van der Waals surface area contributed by atoms with Gasteiger partial charge in [0.1, 0.15) is 0 Å². The Balaban J connectivity index is 0.00000145. The van der Waals surface area contributed by atoms with Gasteiger partial charge in [0.05, 0.1) is 27.0 Å². The first-order valence-electron chi connectivity index (χ1n) is 9.23. The van der Waals surface area contributed by atoms with Crippen LogP contribution in [0.2, 0.25) is 0 Å². The summed E-state index contributed by atoms with van der Waals surface area (Å²) in [6.45, 7) is 10.2. The summed E-state index contributed by atoms with van der Waals surface area (Å²) < 4.78 is 15.0. The molecular weight excluding hydrogens is 407 g/mol. The summed E-state index contributed by atoms with van der Waals surface area (Å²) in [6.07, 6.45) is 4.05. The molecule has 1 aromatic carbocycles. The van der Waals surface area contributed by atoms with Crippen LogP contribution in [0.1, 0.15) is 39.6 Å². The number of nitrogens with one attached hydrogen (secondary N) is 1. The molecule has 0 radical (unpaired) electrons. The summed E-state index contributed by atoms with van der Waals surface area (Å²) >= 11 is 2.94. The smallest absolute Gasteiger partial charge is 0.211 e. The first-order chi connectivity index (χ1) is 13.8. The van der Waals surface area contributed by atoms with Gasteiger partial charge in [-0.25, -0.2) is 19.3 Å². The highest BCUT2D eigenvalue weighted by Crippen LogP contribution is 2.41. The third-order valence-corrected chi connectivity index (χ3v) is 5.85. The highest BCUT2D eigenvalue weighted by atomic mass is 32.2. The lowest BCUT2D eigenvalue weighted by molar-refractivity contribution is -0.105. The molecule has 0 unspecified atom stereocenters. The van der Waals surface area contributed by atoms with E-state index in [1.54, 1.807) is 24.4 Å². The molecule has 154 valence electrons. The molecule has 8 heteroatoms. The van der Waals surface area contributed by atoms with Gasteiger partial charge in [0.25, 0.3) is 0 Å². The first kappa shape index (κ1) is 23.0. The van der Waals surface area contributed by atoms with E-state index in [9.17, 15) is 9.18 Å². The van der Waals surface area contributed by atoms with Crippen LogP contribution in [0.4, 0.5) is 10.1 Å². The predicted molar refractivity (Wildman–Crippen MR) is 120 cm³/mol. The van der Waals surface area contributed by atoms with Crippen LogP contribution < -0.4 is 5.32 Å². The third kappa shape index (κ3) is 5.19. The summed E-state index contributed by atoms with van der Waals surface area (Å²) in [6, 6.07) is 6.67. The van der Waals surface area contributed by atoms with Gasteiger partial charge in [0, 0.05) is 17.2 Å². The molecule has 0 aliphatic carbocycles. The molecular formula is C21H25FN4OS2. The molecule has 2 aromatic heterocycles. The van der Waals surface area contributed by atoms with Gasteiger partial charge in [-0.05, 0) is 24.5 Å². The highest BCUT2D eigenvalue weighted by Gasteiger charge is 2.25. The number of hydrogen-bond acceptors (Lipinski definition) is 6. The summed E-state index contributed by atoms with van der Waals surface area (Å²) in [5.74, 6) is -0.518. The molecule has 1 amide bonds. The van der Waals surface area contributed by atoms with Crippen molar-refractivity contribution in [2.24, 2.45) is 0 Å². The Hall–Kier alpha value is -2.32. The number of thioether (sulfide) groups is 1. The molecule has 0 spiro atoms. The Morgan fingerprint density at radius 3 is 2.52 bits per heavy atom. The van der Waals surface area contributed by atoms with Crippen LogP contribution in [0, 0.1) is 5.82 Å². The van der Waals surface area contributed by atoms with Gasteiger partial charge in [0.2, 0.25) is 6.41 Å². The molecule has 0 atom stereocenters. The fourth-order valence-corrected chi connectivity index (χ4v) is 3.92. The second kappa shape index (κ2) is 9.93. The van der Waals surface area contributed by atoms with E-state index in [1.807, 2.05) is 20.1 Å². The number of rotatable bonds is 5. The molecule has 5 nitrogen and oxygen atoms in total. The fourth-order valence-electron chi connectivity index (χ4n) is 2.45. The zero-order valence-electron chi connectivity index (χ0n) is 17.4. The minimum atomic E-state index is -0.518. The van der Waals surface area contributed by atoms with E-state index in [1.165, 1.54) is 29.2 Å². The standard InChI is InChI=1S/C19H19FN4OS2.C2H6/c1-19(2,3)17-24-15(11-6-5-7-12(14(11)20)22-10-25)16(27-17)13-8-9-21-18(23-13)26-4;1-2/h5-10H,1-4H3,(H,22,25);1-2H3. The Bertz CT molecular complexity index is 983. The number of carbonyl (C=O) groups excluding carboxylic acids is 1. The van der Waals surface area contributed by atoms with Crippen LogP contribution >= 0.6 is 23.1 Å². The van der Waals surface area contributed by atoms with Crippen LogP contribution in [0.15, 0.2) is 35.6 Å². The lowest BCUT2D eigenvalue weighted by Crippen LogP contribution is -2.10. The van der Waals surface area contributed by atoms with Crippen LogP contribution in [0.25, 0.3) is 21.8 Å². The Morgan fingerprint density at radius 2 is 1.90 bits per heavy atom. The molecule has 0 bridgehead atoms. The zero-order valence-corrected chi connectivity index (χ0v) is 19.0. The lowest BCUT2D eigenvalue weighted by Gasteiger charge is -2.13. The number of halogens is 1. The van der Waals surface area contributed by atoms with E-state index in [2.05, 4.69) is 36.1 Å². The SMILES string of the molecule is CC.CSc1nccc(-c2sc(C(C)(C)C)nc2-c2cccc(NC=O)c2F)n1. The van der Waals surface area contributed by atoms with Gasteiger partial charge in [-0.2, -0.15) is 0 Å². The van der Waals surface area contributed by atoms with Crippen LogP contribution in [-0.4, -0.2) is 27.6 Å². The maximum Gasteiger partial charge on any atom is 0.211 e. The second-order valence-electron chi connectivity index (χ2n) is 6.80. The van der Waals surface area contributed by atoms with E-state index in [0.29, 0.717) is 28.5 Å². The normalized spacial score (nSPS) is 10.9. The average molecular weight is 433 g/mol. The summed E-state index contributed by atoms with van der Waals surface area (Å²) in [4.78, 5) is 25.0. The lowest BCUT2D eigenvalue weighted by atomic mass is 9.98. The van der Waals surface area contributed by atoms with E-state index < -0.39 is 5.82 Å². The van der Waals surface area contributed by atoms with Crippen molar-refractivity contribution in [3.05, 3.63) is 41.3 Å². The molecule has 0 fully saturated rings. The largest absolute Gasteiger partial charge is 0.326 e. The number of anilines is 1. The van der Waals surface area contributed by atoms with E-state index in [4.69, 9.17) is 4.98 Å². The maximum atomic E-state index is 15.0. The minimum Gasteiger partial charge on any atom is -0.326 e. The number of nitrogens with zero attached hydrogens (tertiary/aromatic N) is 3. The number of carbonyl (C=O) groups is 1.